The summed E-state index contributed by atoms with van der Waals surface area (Å²) < 4.78 is 27.3. The topological polar surface area (TPSA) is 95.1 Å². The van der Waals surface area contributed by atoms with Gasteiger partial charge in [-0.1, -0.05) is 0 Å². The fraction of sp³-hybridized carbons (Fsp3) is 0.353. The number of aromatic nitrogens is 2. The van der Waals surface area contributed by atoms with Crippen LogP contribution in [0.1, 0.15) is 31.4 Å². The second-order valence-electron chi connectivity index (χ2n) is 6.44. The van der Waals surface area contributed by atoms with E-state index < -0.39 is 16.1 Å². The number of aliphatic hydroxyl groups excluding tert-OH is 1. The van der Waals surface area contributed by atoms with Gasteiger partial charge in [0.2, 0.25) is 10.0 Å². The van der Waals surface area contributed by atoms with Gasteiger partial charge < -0.3 is 10.1 Å². The number of nitrogens with zero attached hydrogens (tertiary/aromatic N) is 1. The lowest BCUT2D eigenvalue weighted by molar-refractivity contribution is 0.198. The van der Waals surface area contributed by atoms with Crippen molar-refractivity contribution in [1.82, 2.24) is 14.7 Å². The third-order valence-electron chi connectivity index (χ3n) is 4.25. The molecule has 0 spiro atoms. The van der Waals surface area contributed by atoms with Gasteiger partial charge in [0.1, 0.15) is 9.86 Å². The standard InChI is InChI=1S/C17H19N3O3S2/c1-10(21)9-19-25(22,23)16-5-4-15(24-16)12-6-7-18-17-13(12)8-14(20-17)11-2-3-11/h4-8,10-11,19,21H,2-3,9H2,1H3,(H,18,20)/t10-/m1/s1. The maximum Gasteiger partial charge on any atom is 0.250 e. The van der Waals surface area contributed by atoms with Gasteiger partial charge in [-0.2, -0.15) is 0 Å². The van der Waals surface area contributed by atoms with Crippen LogP contribution in [0.2, 0.25) is 0 Å². The number of pyridine rings is 1. The lowest BCUT2D eigenvalue weighted by atomic mass is 10.1. The van der Waals surface area contributed by atoms with Crippen molar-refractivity contribution in [2.45, 2.75) is 36.0 Å². The first-order valence-corrected chi connectivity index (χ1v) is 10.5. The molecule has 4 rings (SSSR count). The first-order chi connectivity index (χ1) is 11.9. The SMILES string of the molecule is C[C@@H](O)CNS(=O)(=O)c1ccc(-c2ccnc3[nH]c(C4CC4)cc23)s1. The molecule has 0 amide bonds. The average Bonchev–Trinajstić information content (AvgIpc) is 3.13. The van der Waals surface area contributed by atoms with Crippen LogP contribution in [0.15, 0.2) is 34.7 Å². The Hall–Kier alpha value is -1.74. The molecule has 0 bridgehead atoms. The smallest absolute Gasteiger partial charge is 0.250 e. The van der Waals surface area contributed by atoms with Crippen molar-refractivity contribution in [2.75, 3.05) is 6.54 Å². The highest BCUT2D eigenvalue weighted by Crippen LogP contribution is 2.42. The number of sulfonamides is 1. The maximum absolute atomic E-state index is 12.3. The Kier molecular flexibility index (Phi) is 4.15. The highest BCUT2D eigenvalue weighted by molar-refractivity contribution is 7.91. The number of hydrogen-bond acceptors (Lipinski definition) is 5. The van der Waals surface area contributed by atoms with Gasteiger partial charge in [0, 0.05) is 34.3 Å². The molecule has 0 aliphatic heterocycles. The monoisotopic (exact) mass is 377 g/mol. The van der Waals surface area contributed by atoms with E-state index in [2.05, 4.69) is 20.8 Å². The summed E-state index contributed by atoms with van der Waals surface area (Å²) in [6.07, 6.45) is 3.43. The van der Waals surface area contributed by atoms with E-state index in [9.17, 15) is 13.5 Å². The van der Waals surface area contributed by atoms with E-state index in [1.165, 1.54) is 29.9 Å². The molecule has 0 saturated heterocycles. The van der Waals surface area contributed by atoms with Crippen molar-refractivity contribution in [1.29, 1.82) is 0 Å². The molecule has 3 heterocycles. The fourth-order valence-electron chi connectivity index (χ4n) is 2.79. The van der Waals surface area contributed by atoms with Gasteiger partial charge in [-0.15, -0.1) is 11.3 Å². The molecule has 1 saturated carbocycles. The summed E-state index contributed by atoms with van der Waals surface area (Å²) in [6, 6.07) is 7.47. The minimum absolute atomic E-state index is 0.00235. The third-order valence-corrected chi connectivity index (χ3v) is 7.28. The molecular formula is C17H19N3O3S2. The number of nitrogens with one attached hydrogen (secondary N) is 2. The van der Waals surface area contributed by atoms with E-state index in [1.807, 2.05) is 12.1 Å². The van der Waals surface area contributed by atoms with Crippen molar-refractivity contribution < 1.29 is 13.5 Å². The molecule has 0 aromatic carbocycles. The predicted octanol–water partition coefficient (Wildman–Crippen LogP) is 2.83. The van der Waals surface area contributed by atoms with Crippen LogP contribution in [-0.4, -0.2) is 36.1 Å². The van der Waals surface area contributed by atoms with E-state index in [1.54, 1.807) is 19.2 Å². The van der Waals surface area contributed by atoms with Gasteiger partial charge >= 0.3 is 0 Å². The largest absolute Gasteiger partial charge is 0.392 e. The molecule has 25 heavy (non-hydrogen) atoms. The molecule has 1 atom stereocenters. The summed E-state index contributed by atoms with van der Waals surface area (Å²) in [5, 5.41) is 10.3. The molecular weight excluding hydrogens is 358 g/mol. The zero-order valence-electron chi connectivity index (χ0n) is 13.7. The Morgan fingerprint density at radius 2 is 2.20 bits per heavy atom. The lowest BCUT2D eigenvalue weighted by Crippen LogP contribution is -2.30. The van der Waals surface area contributed by atoms with E-state index in [4.69, 9.17) is 0 Å². The molecule has 1 fully saturated rings. The number of rotatable bonds is 6. The van der Waals surface area contributed by atoms with Crippen LogP contribution in [0.4, 0.5) is 0 Å². The Labute approximate surface area is 150 Å². The second-order valence-corrected chi connectivity index (χ2v) is 9.52. The number of H-pyrrole nitrogens is 1. The molecule has 0 radical (unpaired) electrons. The maximum atomic E-state index is 12.3. The zero-order valence-corrected chi connectivity index (χ0v) is 15.3. The van der Waals surface area contributed by atoms with Gasteiger partial charge in [0.25, 0.3) is 0 Å². The van der Waals surface area contributed by atoms with E-state index in [-0.39, 0.29) is 10.8 Å². The van der Waals surface area contributed by atoms with Crippen molar-refractivity contribution in [3.63, 3.8) is 0 Å². The minimum atomic E-state index is -3.61. The van der Waals surface area contributed by atoms with Gasteiger partial charge in [-0.25, -0.2) is 18.1 Å². The summed E-state index contributed by atoms with van der Waals surface area (Å²) >= 11 is 1.22. The Balaban J connectivity index is 1.69. The molecule has 3 N–H and O–H groups in total. The molecule has 1 aliphatic carbocycles. The highest BCUT2D eigenvalue weighted by atomic mass is 32.2. The Bertz CT molecular complexity index is 1020. The second kappa shape index (κ2) is 6.21. The molecule has 0 unspecified atom stereocenters. The van der Waals surface area contributed by atoms with E-state index in [0.717, 1.165) is 21.5 Å². The molecule has 1 aliphatic rings. The Morgan fingerprint density at radius 3 is 2.92 bits per heavy atom. The molecule has 6 nitrogen and oxygen atoms in total. The van der Waals surface area contributed by atoms with Crippen LogP contribution in [0.5, 0.6) is 0 Å². The molecule has 3 aromatic heterocycles. The normalized spacial score (nSPS) is 16.4. The number of aromatic amines is 1. The summed E-state index contributed by atoms with van der Waals surface area (Å²) in [7, 11) is -3.61. The number of fused-ring (bicyclic) bond motifs is 1. The van der Waals surface area contributed by atoms with Crippen molar-refractivity contribution in [3.05, 3.63) is 36.2 Å². The van der Waals surface area contributed by atoms with Crippen LogP contribution < -0.4 is 4.72 Å². The van der Waals surface area contributed by atoms with E-state index in [0.29, 0.717) is 5.92 Å². The van der Waals surface area contributed by atoms with Crippen LogP contribution in [0.25, 0.3) is 21.5 Å². The first-order valence-electron chi connectivity index (χ1n) is 8.19. The molecule has 8 heteroatoms. The van der Waals surface area contributed by atoms with Crippen LogP contribution in [0.3, 0.4) is 0 Å². The van der Waals surface area contributed by atoms with Gasteiger partial charge in [0.05, 0.1) is 6.10 Å². The summed E-state index contributed by atoms with van der Waals surface area (Å²) in [5.74, 6) is 0.603. The van der Waals surface area contributed by atoms with E-state index >= 15 is 0 Å². The molecule has 132 valence electrons. The summed E-state index contributed by atoms with van der Waals surface area (Å²) in [6.45, 7) is 1.54. The highest BCUT2D eigenvalue weighted by Gasteiger charge is 2.26. The fourth-order valence-corrected chi connectivity index (χ4v) is 5.30. The van der Waals surface area contributed by atoms with Crippen LogP contribution >= 0.6 is 11.3 Å². The van der Waals surface area contributed by atoms with Crippen LogP contribution in [0, 0.1) is 0 Å². The predicted molar refractivity (Wildman–Crippen MR) is 98.3 cm³/mol. The lowest BCUT2D eigenvalue weighted by Gasteiger charge is -2.06. The number of hydrogen-bond donors (Lipinski definition) is 3. The van der Waals surface area contributed by atoms with Crippen molar-refractivity contribution >= 4 is 32.4 Å². The average molecular weight is 377 g/mol. The van der Waals surface area contributed by atoms with Crippen LogP contribution in [-0.2, 0) is 10.0 Å². The number of thiophene rings is 1. The first kappa shape index (κ1) is 16.7. The Morgan fingerprint density at radius 1 is 1.40 bits per heavy atom. The zero-order chi connectivity index (χ0) is 17.6. The van der Waals surface area contributed by atoms with Gasteiger partial charge in [-0.05, 0) is 49.9 Å². The van der Waals surface area contributed by atoms with Gasteiger partial charge in [-0.3, -0.25) is 0 Å². The van der Waals surface area contributed by atoms with Gasteiger partial charge in [0.15, 0.2) is 0 Å². The number of aliphatic hydroxyl groups is 1. The molecule has 3 aromatic rings. The van der Waals surface area contributed by atoms with Crippen molar-refractivity contribution in [3.8, 4) is 10.4 Å². The minimum Gasteiger partial charge on any atom is -0.392 e. The quantitative estimate of drug-likeness (QED) is 0.615. The summed E-state index contributed by atoms with van der Waals surface area (Å²) in [4.78, 5) is 8.65. The van der Waals surface area contributed by atoms with Crippen molar-refractivity contribution in [2.24, 2.45) is 0 Å². The summed E-state index contributed by atoms with van der Waals surface area (Å²) in [5.41, 5.74) is 3.03. The third kappa shape index (κ3) is 3.35.